The predicted octanol–water partition coefficient (Wildman–Crippen LogP) is 4.12. The van der Waals surface area contributed by atoms with Crippen molar-refractivity contribution >= 4 is 5.97 Å². The molecule has 0 radical (unpaired) electrons. The Balaban J connectivity index is 1.30. The lowest BCUT2D eigenvalue weighted by atomic mass is 9.87. The third kappa shape index (κ3) is 4.13. The summed E-state index contributed by atoms with van der Waals surface area (Å²) in [7, 11) is 1.79. The van der Waals surface area contributed by atoms with E-state index in [1.54, 1.807) is 13.2 Å². The van der Waals surface area contributed by atoms with E-state index < -0.39 is 0 Å². The number of rotatable bonds is 6. The molecule has 3 fully saturated rings. The Morgan fingerprint density at radius 2 is 1.91 bits per heavy atom. The van der Waals surface area contributed by atoms with Crippen molar-refractivity contribution in [1.29, 1.82) is 0 Å². The average Bonchev–Trinajstić information content (AvgIpc) is 3.16. The van der Waals surface area contributed by atoms with Crippen molar-refractivity contribution in [2.45, 2.75) is 63.9 Å². The number of methoxy groups -OCH3 is 1. The van der Waals surface area contributed by atoms with E-state index in [4.69, 9.17) is 9.47 Å². The first kappa shape index (κ1) is 16.0. The van der Waals surface area contributed by atoms with E-state index in [1.807, 2.05) is 6.08 Å². The summed E-state index contributed by atoms with van der Waals surface area (Å²) in [5.41, 5.74) is 0. The van der Waals surface area contributed by atoms with Gasteiger partial charge in [-0.25, -0.2) is 4.79 Å². The molecule has 0 spiro atoms. The number of carbonyl (C=O) groups excluding carboxylic acids is 1. The molecule has 3 aliphatic rings. The van der Waals surface area contributed by atoms with E-state index >= 15 is 0 Å². The van der Waals surface area contributed by atoms with E-state index in [2.05, 4.69) is 0 Å². The molecule has 0 amide bonds. The summed E-state index contributed by atoms with van der Waals surface area (Å²) in [6, 6.07) is 0. The molecule has 3 nitrogen and oxygen atoms in total. The Morgan fingerprint density at radius 1 is 1.09 bits per heavy atom. The highest BCUT2D eigenvalue weighted by atomic mass is 16.5. The van der Waals surface area contributed by atoms with Crippen molar-refractivity contribution in [3.05, 3.63) is 12.2 Å². The van der Waals surface area contributed by atoms with Gasteiger partial charge in [-0.3, -0.25) is 0 Å². The maximum atomic E-state index is 11.8. The molecule has 0 aromatic rings. The van der Waals surface area contributed by atoms with Gasteiger partial charge >= 0.3 is 5.97 Å². The Kier molecular flexibility index (Phi) is 5.56. The number of hydrogen-bond donors (Lipinski definition) is 0. The van der Waals surface area contributed by atoms with Gasteiger partial charge < -0.3 is 9.47 Å². The molecule has 0 heterocycles. The lowest BCUT2D eigenvalue weighted by molar-refractivity contribution is -0.138. The molecule has 0 N–H and O–H groups in total. The number of allylic oxidation sites excluding steroid dienone is 1. The van der Waals surface area contributed by atoms with Crippen LogP contribution in [0.25, 0.3) is 0 Å². The molecule has 3 unspecified atom stereocenters. The molecule has 0 aliphatic heterocycles. The van der Waals surface area contributed by atoms with Gasteiger partial charge in [0.1, 0.15) is 0 Å². The van der Waals surface area contributed by atoms with Gasteiger partial charge in [-0.1, -0.05) is 12.5 Å². The molecule has 3 heteroatoms. The van der Waals surface area contributed by atoms with Crippen molar-refractivity contribution in [3.8, 4) is 0 Å². The van der Waals surface area contributed by atoms with E-state index in [0.29, 0.717) is 18.6 Å². The first-order valence-electron chi connectivity index (χ1n) is 9.12. The zero-order valence-corrected chi connectivity index (χ0v) is 13.8. The molecule has 3 aliphatic carbocycles. The minimum absolute atomic E-state index is 0.156. The summed E-state index contributed by atoms with van der Waals surface area (Å²) in [6.07, 6.45) is 15.3. The molecule has 0 aromatic heterocycles. The van der Waals surface area contributed by atoms with E-state index in [1.165, 1.54) is 25.7 Å². The molecular weight excluding hydrogens is 276 g/mol. The van der Waals surface area contributed by atoms with Crippen LogP contribution in [0, 0.1) is 23.7 Å². The zero-order chi connectivity index (χ0) is 15.4. The van der Waals surface area contributed by atoms with E-state index in [0.717, 1.165) is 49.9 Å². The van der Waals surface area contributed by atoms with Crippen LogP contribution in [0.1, 0.15) is 57.8 Å². The van der Waals surface area contributed by atoms with Gasteiger partial charge in [0.25, 0.3) is 0 Å². The van der Waals surface area contributed by atoms with Gasteiger partial charge in [0.05, 0.1) is 12.7 Å². The Labute approximate surface area is 134 Å². The third-order valence-corrected chi connectivity index (χ3v) is 6.17. The number of hydrogen-bond acceptors (Lipinski definition) is 3. The second-order valence-corrected chi connectivity index (χ2v) is 7.52. The average molecular weight is 306 g/mol. The lowest BCUT2D eigenvalue weighted by Gasteiger charge is -2.25. The molecule has 3 atom stereocenters. The lowest BCUT2D eigenvalue weighted by Crippen LogP contribution is -2.19. The second-order valence-electron chi connectivity index (χ2n) is 7.52. The molecule has 3 rings (SSSR count). The van der Waals surface area contributed by atoms with Crippen molar-refractivity contribution in [2.75, 3.05) is 13.7 Å². The van der Waals surface area contributed by atoms with Crippen molar-refractivity contribution < 1.29 is 14.3 Å². The van der Waals surface area contributed by atoms with Crippen LogP contribution >= 0.6 is 0 Å². The van der Waals surface area contributed by atoms with Crippen LogP contribution in [-0.2, 0) is 14.3 Å². The standard InChI is InChI=1S/C19H30O3/c1-21-18-7-3-14(4-8-18)5-9-19(20)22-11-10-17-13-15-2-6-16(17)12-15/h5,9,14-18H,2-4,6-8,10-13H2,1H3/b9-5+. The van der Waals surface area contributed by atoms with Crippen molar-refractivity contribution in [2.24, 2.45) is 23.7 Å². The van der Waals surface area contributed by atoms with Crippen LogP contribution in [0.4, 0.5) is 0 Å². The predicted molar refractivity (Wildman–Crippen MR) is 86.4 cm³/mol. The van der Waals surface area contributed by atoms with Gasteiger partial charge in [0.2, 0.25) is 0 Å². The number of fused-ring (bicyclic) bond motifs is 2. The minimum Gasteiger partial charge on any atom is -0.463 e. The topological polar surface area (TPSA) is 35.5 Å². The summed E-state index contributed by atoms with van der Waals surface area (Å²) < 4.78 is 10.8. The van der Waals surface area contributed by atoms with Gasteiger partial charge in [-0.2, -0.15) is 0 Å². The Bertz CT molecular complexity index is 395. The highest BCUT2D eigenvalue weighted by molar-refractivity contribution is 5.81. The molecule has 0 aromatic carbocycles. The monoisotopic (exact) mass is 306 g/mol. The fraction of sp³-hybridized carbons (Fsp3) is 0.842. The third-order valence-electron chi connectivity index (χ3n) is 6.17. The van der Waals surface area contributed by atoms with Crippen LogP contribution in [-0.4, -0.2) is 25.8 Å². The fourth-order valence-electron chi connectivity index (χ4n) is 4.82. The molecule has 3 saturated carbocycles. The highest BCUT2D eigenvalue weighted by Gasteiger charge is 2.38. The maximum Gasteiger partial charge on any atom is 0.330 e. The van der Waals surface area contributed by atoms with Crippen LogP contribution < -0.4 is 0 Å². The number of ether oxygens (including phenoxy) is 2. The summed E-state index contributed by atoms with van der Waals surface area (Å²) in [5, 5.41) is 0. The first-order chi connectivity index (χ1) is 10.7. The fourth-order valence-corrected chi connectivity index (χ4v) is 4.82. The summed E-state index contributed by atoms with van der Waals surface area (Å²) in [5.74, 6) is 3.09. The normalized spacial score (nSPS) is 37.8. The van der Waals surface area contributed by atoms with Gasteiger partial charge in [-0.15, -0.1) is 0 Å². The zero-order valence-electron chi connectivity index (χ0n) is 13.8. The van der Waals surface area contributed by atoms with Crippen LogP contribution in [0.5, 0.6) is 0 Å². The van der Waals surface area contributed by atoms with Gasteiger partial charge in [0.15, 0.2) is 0 Å². The van der Waals surface area contributed by atoms with E-state index in [-0.39, 0.29) is 5.97 Å². The van der Waals surface area contributed by atoms with Crippen molar-refractivity contribution in [3.63, 3.8) is 0 Å². The Morgan fingerprint density at radius 3 is 2.55 bits per heavy atom. The van der Waals surface area contributed by atoms with Gasteiger partial charge in [-0.05, 0) is 75.0 Å². The van der Waals surface area contributed by atoms with Crippen molar-refractivity contribution in [1.82, 2.24) is 0 Å². The van der Waals surface area contributed by atoms with E-state index in [9.17, 15) is 4.79 Å². The second kappa shape index (κ2) is 7.63. The number of carbonyl (C=O) groups is 1. The van der Waals surface area contributed by atoms with Gasteiger partial charge in [0, 0.05) is 13.2 Å². The summed E-state index contributed by atoms with van der Waals surface area (Å²) in [6.45, 7) is 0.605. The first-order valence-corrected chi connectivity index (χ1v) is 9.12. The SMILES string of the molecule is COC1CCC(/C=C/C(=O)OCCC2CC3CCC2C3)CC1. The highest BCUT2D eigenvalue weighted by Crippen LogP contribution is 2.49. The maximum absolute atomic E-state index is 11.8. The molecule has 2 bridgehead atoms. The summed E-state index contributed by atoms with van der Waals surface area (Å²) in [4.78, 5) is 11.8. The quantitative estimate of drug-likeness (QED) is 0.547. The Hall–Kier alpha value is -0.830. The summed E-state index contributed by atoms with van der Waals surface area (Å²) >= 11 is 0. The van der Waals surface area contributed by atoms with Crippen LogP contribution in [0.15, 0.2) is 12.2 Å². The molecular formula is C19H30O3. The molecule has 124 valence electrons. The van der Waals surface area contributed by atoms with Crippen LogP contribution in [0.2, 0.25) is 0 Å². The van der Waals surface area contributed by atoms with Crippen LogP contribution in [0.3, 0.4) is 0 Å². The smallest absolute Gasteiger partial charge is 0.330 e. The number of esters is 1. The molecule has 22 heavy (non-hydrogen) atoms. The molecule has 0 saturated heterocycles. The minimum atomic E-state index is -0.156. The largest absolute Gasteiger partial charge is 0.463 e.